The first-order valence-corrected chi connectivity index (χ1v) is 8.56. The summed E-state index contributed by atoms with van der Waals surface area (Å²) in [5.41, 5.74) is -0.615. The Bertz CT molecular complexity index is 503. The molecule has 1 aromatic carbocycles. The molecule has 0 heterocycles. The van der Waals surface area contributed by atoms with Crippen LogP contribution in [0.5, 0.6) is 0 Å². The number of carbonyl (C=O) groups is 1. The fraction of sp³-hybridized carbons (Fsp3) is 0.611. The van der Waals surface area contributed by atoms with Gasteiger partial charge in [0.1, 0.15) is 0 Å². The standard InChI is InChI=1S/C18H27F3N2O/c1-3-4-5-6-7-8-12-22-14(2)17(24)23-16-11-9-10-15(13-16)18(19,20)21/h9-11,13-14,22H,3-8,12H2,1-2H3,(H,23,24). The molecule has 0 radical (unpaired) electrons. The minimum Gasteiger partial charge on any atom is -0.325 e. The van der Waals surface area contributed by atoms with Crippen LogP contribution in [0.4, 0.5) is 18.9 Å². The molecule has 3 nitrogen and oxygen atoms in total. The van der Waals surface area contributed by atoms with Crippen LogP contribution < -0.4 is 10.6 Å². The molecule has 1 aromatic rings. The van der Waals surface area contributed by atoms with Gasteiger partial charge in [-0.3, -0.25) is 4.79 Å². The molecule has 0 saturated heterocycles. The van der Waals surface area contributed by atoms with Crippen LogP contribution in [0.3, 0.4) is 0 Å². The highest BCUT2D eigenvalue weighted by molar-refractivity contribution is 5.94. The molecule has 0 aliphatic carbocycles. The molecule has 1 amide bonds. The Morgan fingerprint density at radius 1 is 1.12 bits per heavy atom. The molecule has 24 heavy (non-hydrogen) atoms. The summed E-state index contributed by atoms with van der Waals surface area (Å²) in [5.74, 6) is -0.333. The van der Waals surface area contributed by atoms with Crippen molar-refractivity contribution >= 4 is 11.6 Å². The quantitative estimate of drug-likeness (QED) is 0.588. The maximum atomic E-state index is 12.7. The van der Waals surface area contributed by atoms with Crippen molar-refractivity contribution in [1.82, 2.24) is 5.32 Å². The number of unbranched alkanes of at least 4 members (excludes halogenated alkanes) is 5. The third-order valence-electron chi connectivity index (χ3n) is 3.83. The zero-order chi connectivity index (χ0) is 18.0. The van der Waals surface area contributed by atoms with Crippen LogP contribution in [0, 0.1) is 0 Å². The van der Waals surface area contributed by atoms with Crippen molar-refractivity contribution in [3.05, 3.63) is 29.8 Å². The number of nitrogens with one attached hydrogen (secondary N) is 2. The van der Waals surface area contributed by atoms with E-state index in [0.717, 1.165) is 31.5 Å². The lowest BCUT2D eigenvalue weighted by atomic mass is 10.1. The number of amides is 1. The predicted octanol–water partition coefficient (Wildman–Crippen LogP) is 4.98. The molecule has 1 unspecified atom stereocenters. The van der Waals surface area contributed by atoms with E-state index in [1.165, 1.54) is 37.8 Å². The van der Waals surface area contributed by atoms with Crippen LogP contribution in [0.2, 0.25) is 0 Å². The summed E-state index contributed by atoms with van der Waals surface area (Å²) in [5, 5.41) is 5.63. The number of benzene rings is 1. The fourth-order valence-electron chi connectivity index (χ4n) is 2.34. The molecule has 0 aliphatic heterocycles. The molecule has 2 N–H and O–H groups in total. The maximum Gasteiger partial charge on any atom is 0.416 e. The first kappa shape index (κ1) is 20.5. The molecule has 0 bridgehead atoms. The second kappa shape index (κ2) is 10.3. The van der Waals surface area contributed by atoms with E-state index in [2.05, 4.69) is 17.6 Å². The van der Waals surface area contributed by atoms with E-state index in [4.69, 9.17) is 0 Å². The fourth-order valence-corrected chi connectivity index (χ4v) is 2.34. The number of rotatable bonds is 10. The van der Waals surface area contributed by atoms with Crippen molar-refractivity contribution in [3.63, 3.8) is 0 Å². The predicted molar refractivity (Wildman–Crippen MR) is 90.9 cm³/mol. The third-order valence-corrected chi connectivity index (χ3v) is 3.83. The average Bonchev–Trinajstić information content (AvgIpc) is 2.53. The second-order valence-corrected chi connectivity index (χ2v) is 6.01. The minimum absolute atomic E-state index is 0.156. The molecule has 1 rings (SSSR count). The van der Waals surface area contributed by atoms with Crippen LogP contribution in [-0.4, -0.2) is 18.5 Å². The molecule has 136 valence electrons. The van der Waals surface area contributed by atoms with Crippen molar-refractivity contribution in [3.8, 4) is 0 Å². The van der Waals surface area contributed by atoms with Crippen LogP contribution in [-0.2, 0) is 11.0 Å². The van der Waals surface area contributed by atoms with Crippen molar-refractivity contribution in [2.75, 3.05) is 11.9 Å². The van der Waals surface area contributed by atoms with Gasteiger partial charge in [-0.2, -0.15) is 13.2 Å². The van der Waals surface area contributed by atoms with Crippen LogP contribution >= 0.6 is 0 Å². The van der Waals surface area contributed by atoms with Crippen LogP contribution in [0.25, 0.3) is 0 Å². The Morgan fingerprint density at radius 2 is 1.79 bits per heavy atom. The summed E-state index contributed by atoms with van der Waals surface area (Å²) in [4.78, 5) is 12.0. The number of halogens is 3. The summed E-state index contributed by atoms with van der Waals surface area (Å²) in [6.45, 7) is 4.61. The zero-order valence-electron chi connectivity index (χ0n) is 14.4. The van der Waals surface area contributed by atoms with Crippen molar-refractivity contribution in [2.45, 2.75) is 64.6 Å². The number of carbonyl (C=O) groups excluding carboxylic acids is 1. The number of alkyl halides is 3. The van der Waals surface area contributed by atoms with Crippen molar-refractivity contribution in [1.29, 1.82) is 0 Å². The first-order valence-electron chi connectivity index (χ1n) is 8.56. The smallest absolute Gasteiger partial charge is 0.325 e. The Balaban J connectivity index is 2.34. The molecule has 0 aromatic heterocycles. The lowest BCUT2D eigenvalue weighted by Gasteiger charge is -2.15. The Morgan fingerprint density at radius 3 is 2.46 bits per heavy atom. The zero-order valence-corrected chi connectivity index (χ0v) is 14.4. The van der Waals surface area contributed by atoms with E-state index >= 15 is 0 Å². The van der Waals surface area contributed by atoms with Gasteiger partial charge in [-0.05, 0) is 38.1 Å². The summed E-state index contributed by atoms with van der Waals surface area (Å²) in [6, 6.07) is 4.21. The molecular formula is C18H27F3N2O. The molecule has 0 aliphatic rings. The lowest BCUT2D eigenvalue weighted by molar-refractivity contribution is -0.137. The van der Waals surface area contributed by atoms with E-state index in [1.54, 1.807) is 6.92 Å². The van der Waals surface area contributed by atoms with E-state index in [-0.39, 0.29) is 11.6 Å². The van der Waals surface area contributed by atoms with Gasteiger partial charge in [0.15, 0.2) is 0 Å². The Kier molecular flexibility index (Phi) is 8.82. The maximum absolute atomic E-state index is 12.7. The topological polar surface area (TPSA) is 41.1 Å². The largest absolute Gasteiger partial charge is 0.416 e. The highest BCUT2D eigenvalue weighted by atomic mass is 19.4. The monoisotopic (exact) mass is 344 g/mol. The average molecular weight is 344 g/mol. The van der Waals surface area contributed by atoms with Crippen molar-refractivity contribution < 1.29 is 18.0 Å². The molecule has 6 heteroatoms. The molecule has 0 fully saturated rings. The molecular weight excluding hydrogens is 317 g/mol. The van der Waals surface area contributed by atoms with Gasteiger partial charge in [0.2, 0.25) is 5.91 Å². The van der Waals surface area contributed by atoms with Crippen molar-refractivity contribution in [2.24, 2.45) is 0 Å². The van der Waals surface area contributed by atoms with Gasteiger partial charge in [0.05, 0.1) is 11.6 Å². The highest BCUT2D eigenvalue weighted by Gasteiger charge is 2.30. The number of hydrogen-bond acceptors (Lipinski definition) is 2. The van der Waals surface area contributed by atoms with E-state index < -0.39 is 17.8 Å². The van der Waals surface area contributed by atoms with Crippen LogP contribution in [0.15, 0.2) is 24.3 Å². The summed E-state index contributed by atoms with van der Waals surface area (Å²) < 4.78 is 38.0. The van der Waals surface area contributed by atoms with Gasteiger partial charge in [-0.15, -0.1) is 0 Å². The van der Waals surface area contributed by atoms with E-state index in [0.29, 0.717) is 0 Å². The lowest BCUT2D eigenvalue weighted by Crippen LogP contribution is -2.38. The summed E-state index contributed by atoms with van der Waals surface area (Å²) in [6.07, 6.45) is 2.60. The molecule has 1 atom stereocenters. The second-order valence-electron chi connectivity index (χ2n) is 6.01. The number of anilines is 1. The first-order chi connectivity index (χ1) is 11.3. The van der Waals surface area contributed by atoms with Gasteiger partial charge in [0.25, 0.3) is 0 Å². The minimum atomic E-state index is -4.41. The third kappa shape index (κ3) is 7.81. The van der Waals surface area contributed by atoms with Gasteiger partial charge >= 0.3 is 6.18 Å². The summed E-state index contributed by atoms with van der Waals surface area (Å²) >= 11 is 0. The molecule has 0 saturated carbocycles. The Labute approximate surface area is 142 Å². The van der Waals surface area contributed by atoms with Gasteiger partial charge in [0, 0.05) is 5.69 Å². The molecule has 0 spiro atoms. The van der Waals surface area contributed by atoms with E-state index in [9.17, 15) is 18.0 Å². The highest BCUT2D eigenvalue weighted by Crippen LogP contribution is 2.30. The SMILES string of the molecule is CCCCCCCCNC(C)C(=O)Nc1cccc(C(F)(F)F)c1. The summed E-state index contributed by atoms with van der Waals surface area (Å²) in [7, 11) is 0. The number of hydrogen-bond donors (Lipinski definition) is 2. The van der Waals surface area contributed by atoms with Gasteiger partial charge in [-0.1, -0.05) is 45.1 Å². The Hall–Kier alpha value is -1.56. The normalized spacial score (nSPS) is 12.9. The van der Waals surface area contributed by atoms with Gasteiger partial charge in [-0.25, -0.2) is 0 Å². The van der Waals surface area contributed by atoms with E-state index in [1.807, 2.05) is 0 Å². The van der Waals surface area contributed by atoms with Gasteiger partial charge < -0.3 is 10.6 Å². The van der Waals surface area contributed by atoms with Crippen LogP contribution in [0.1, 0.15) is 57.9 Å².